The Hall–Kier alpha value is -1.30. The van der Waals surface area contributed by atoms with Gasteiger partial charge in [0.15, 0.2) is 0 Å². The first-order chi connectivity index (χ1) is 10.2. The van der Waals surface area contributed by atoms with Crippen molar-refractivity contribution >= 4 is 17.5 Å². The van der Waals surface area contributed by atoms with Gasteiger partial charge >= 0.3 is 0 Å². The summed E-state index contributed by atoms with van der Waals surface area (Å²) in [5.41, 5.74) is 0.218. The van der Waals surface area contributed by atoms with Crippen molar-refractivity contribution < 1.29 is 14.6 Å². The molecule has 1 saturated heterocycles. The molecular formula is C15H21ClN2O3. The lowest BCUT2D eigenvalue weighted by Gasteiger charge is -2.26. The van der Waals surface area contributed by atoms with Crippen molar-refractivity contribution in [1.29, 1.82) is 0 Å². The topological polar surface area (TPSA) is 61.8 Å². The number of nitrogens with one attached hydrogen (secondary N) is 1. The Morgan fingerprint density at radius 1 is 1.33 bits per heavy atom. The Balaban J connectivity index is 1.66. The van der Waals surface area contributed by atoms with Crippen LogP contribution in [0.15, 0.2) is 18.2 Å². The molecule has 0 unspecified atom stereocenters. The minimum Gasteiger partial charge on any atom is -0.507 e. The predicted molar refractivity (Wildman–Crippen MR) is 81.9 cm³/mol. The zero-order valence-electron chi connectivity index (χ0n) is 12.0. The summed E-state index contributed by atoms with van der Waals surface area (Å²) in [7, 11) is 0. The van der Waals surface area contributed by atoms with Gasteiger partial charge < -0.3 is 15.2 Å². The molecule has 0 radical (unpaired) electrons. The van der Waals surface area contributed by atoms with Gasteiger partial charge in [-0.2, -0.15) is 0 Å². The smallest absolute Gasteiger partial charge is 0.255 e. The number of morpholine rings is 1. The van der Waals surface area contributed by atoms with Gasteiger partial charge in [-0.25, -0.2) is 0 Å². The molecule has 6 heteroatoms. The molecule has 1 heterocycles. The molecular weight excluding hydrogens is 292 g/mol. The number of benzene rings is 1. The van der Waals surface area contributed by atoms with E-state index in [2.05, 4.69) is 10.2 Å². The third kappa shape index (κ3) is 5.19. The summed E-state index contributed by atoms with van der Waals surface area (Å²) < 4.78 is 5.30. The van der Waals surface area contributed by atoms with E-state index in [0.717, 1.165) is 45.7 Å². The van der Waals surface area contributed by atoms with Gasteiger partial charge in [0.25, 0.3) is 5.91 Å². The Morgan fingerprint density at radius 2 is 2.10 bits per heavy atom. The van der Waals surface area contributed by atoms with E-state index in [1.807, 2.05) is 0 Å². The lowest BCUT2D eigenvalue weighted by Crippen LogP contribution is -2.37. The summed E-state index contributed by atoms with van der Waals surface area (Å²) in [6.45, 7) is 5.22. The van der Waals surface area contributed by atoms with Crippen LogP contribution in [-0.4, -0.2) is 55.3 Å². The molecule has 0 atom stereocenters. The molecule has 5 nitrogen and oxygen atoms in total. The number of carbonyl (C=O) groups excluding carboxylic acids is 1. The number of aromatic hydroxyl groups is 1. The van der Waals surface area contributed by atoms with Crippen molar-refractivity contribution in [1.82, 2.24) is 10.2 Å². The maximum absolute atomic E-state index is 11.9. The number of nitrogens with zero attached hydrogens (tertiary/aromatic N) is 1. The van der Waals surface area contributed by atoms with E-state index in [1.54, 1.807) is 6.07 Å². The molecule has 1 fully saturated rings. The summed E-state index contributed by atoms with van der Waals surface area (Å²) in [6.07, 6.45) is 1.94. The third-order valence-electron chi connectivity index (χ3n) is 3.49. The summed E-state index contributed by atoms with van der Waals surface area (Å²) in [5.74, 6) is -0.341. The zero-order chi connectivity index (χ0) is 15.1. The minimum atomic E-state index is -0.290. The number of rotatable bonds is 6. The first-order valence-corrected chi connectivity index (χ1v) is 7.61. The molecule has 116 valence electrons. The van der Waals surface area contributed by atoms with Crippen molar-refractivity contribution in [2.75, 3.05) is 39.4 Å². The summed E-state index contributed by atoms with van der Waals surface area (Å²) in [6, 6.07) is 4.45. The normalized spacial score (nSPS) is 15.9. The molecule has 1 aromatic rings. The van der Waals surface area contributed by atoms with Crippen LogP contribution in [0.3, 0.4) is 0 Å². The molecule has 21 heavy (non-hydrogen) atoms. The Morgan fingerprint density at radius 3 is 2.86 bits per heavy atom. The number of amides is 1. The van der Waals surface area contributed by atoms with E-state index < -0.39 is 0 Å². The number of hydrogen-bond donors (Lipinski definition) is 2. The predicted octanol–water partition coefficient (Wildman–Crippen LogP) is 1.89. The average Bonchev–Trinajstić information content (AvgIpc) is 2.50. The van der Waals surface area contributed by atoms with Crippen LogP contribution < -0.4 is 5.32 Å². The highest BCUT2D eigenvalue weighted by Crippen LogP contribution is 2.21. The van der Waals surface area contributed by atoms with Crippen LogP contribution in [0.5, 0.6) is 5.75 Å². The van der Waals surface area contributed by atoms with Crippen molar-refractivity contribution in [2.24, 2.45) is 0 Å². The second kappa shape index (κ2) is 8.22. The second-order valence-corrected chi connectivity index (χ2v) is 5.51. The lowest BCUT2D eigenvalue weighted by atomic mass is 10.2. The Bertz CT molecular complexity index is 476. The van der Waals surface area contributed by atoms with Gasteiger partial charge in [-0.05, 0) is 37.6 Å². The van der Waals surface area contributed by atoms with Gasteiger partial charge in [0.1, 0.15) is 5.75 Å². The van der Waals surface area contributed by atoms with E-state index in [0.29, 0.717) is 11.6 Å². The van der Waals surface area contributed by atoms with Crippen molar-refractivity contribution in [3.05, 3.63) is 28.8 Å². The third-order valence-corrected chi connectivity index (χ3v) is 3.73. The Kier molecular flexibility index (Phi) is 6.29. The summed E-state index contributed by atoms with van der Waals surface area (Å²) in [5, 5.41) is 12.9. The van der Waals surface area contributed by atoms with Gasteiger partial charge in [0.2, 0.25) is 0 Å². The van der Waals surface area contributed by atoms with Crippen molar-refractivity contribution in [2.45, 2.75) is 12.8 Å². The van der Waals surface area contributed by atoms with Crippen LogP contribution in [0.1, 0.15) is 23.2 Å². The number of phenolic OH excluding ortho intramolecular Hbond substituents is 1. The number of halogens is 1. The van der Waals surface area contributed by atoms with E-state index >= 15 is 0 Å². The molecule has 2 N–H and O–H groups in total. The fourth-order valence-corrected chi connectivity index (χ4v) is 2.44. The minimum absolute atomic E-state index is 0.0507. The van der Waals surface area contributed by atoms with Gasteiger partial charge in [0.05, 0.1) is 18.8 Å². The molecule has 0 spiro atoms. The second-order valence-electron chi connectivity index (χ2n) is 5.08. The summed E-state index contributed by atoms with van der Waals surface area (Å²) in [4.78, 5) is 14.3. The number of hydrogen-bond acceptors (Lipinski definition) is 4. The monoisotopic (exact) mass is 312 g/mol. The fraction of sp³-hybridized carbons (Fsp3) is 0.533. The molecule has 0 saturated carbocycles. The van der Waals surface area contributed by atoms with Crippen LogP contribution in [0.2, 0.25) is 5.02 Å². The van der Waals surface area contributed by atoms with Crippen LogP contribution in [0, 0.1) is 0 Å². The maximum Gasteiger partial charge on any atom is 0.255 e. The highest BCUT2D eigenvalue weighted by Gasteiger charge is 2.12. The first-order valence-electron chi connectivity index (χ1n) is 7.23. The quantitative estimate of drug-likeness (QED) is 0.788. The molecule has 0 bridgehead atoms. The number of ether oxygens (including phenoxy) is 1. The largest absolute Gasteiger partial charge is 0.507 e. The van der Waals surface area contributed by atoms with E-state index in [4.69, 9.17) is 16.3 Å². The molecule has 1 amide bonds. The van der Waals surface area contributed by atoms with Gasteiger partial charge in [0, 0.05) is 24.7 Å². The molecule has 2 rings (SSSR count). The molecule has 1 aliphatic heterocycles. The lowest BCUT2D eigenvalue weighted by molar-refractivity contribution is 0.0372. The Labute approximate surface area is 129 Å². The van der Waals surface area contributed by atoms with Crippen molar-refractivity contribution in [3.8, 4) is 5.75 Å². The van der Waals surface area contributed by atoms with Crippen LogP contribution >= 0.6 is 11.6 Å². The number of unbranched alkanes of at least 4 members (excludes halogenated alkanes) is 1. The highest BCUT2D eigenvalue weighted by atomic mass is 35.5. The van der Waals surface area contributed by atoms with Crippen LogP contribution in [-0.2, 0) is 4.74 Å². The van der Waals surface area contributed by atoms with Gasteiger partial charge in [-0.3, -0.25) is 9.69 Å². The van der Waals surface area contributed by atoms with Crippen molar-refractivity contribution in [3.63, 3.8) is 0 Å². The van der Waals surface area contributed by atoms with E-state index in [-0.39, 0.29) is 17.2 Å². The highest BCUT2D eigenvalue weighted by molar-refractivity contribution is 6.31. The van der Waals surface area contributed by atoms with Gasteiger partial charge in [-0.1, -0.05) is 11.6 Å². The number of carbonyl (C=O) groups is 1. The van der Waals surface area contributed by atoms with Crippen LogP contribution in [0.25, 0.3) is 0 Å². The van der Waals surface area contributed by atoms with Crippen LogP contribution in [0.4, 0.5) is 0 Å². The maximum atomic E-state index is 11.9. The molecule has 0 aromatic heterocycles. The van der Waals surface area contributed by atoms with E-state index in [9.17, 15) is 9.90 Å². The number of phenols is 1. The average molecular weight is 313 g/mol. The van der Waals surface area contributed by atoms with E-state index in [1.165, 1.54) is 12.1 Å². The first kappa shape index (κ1) is 16.1. The van der Waals surface area contributed by atoms with Gasteiger partial charge in [-0.15, -0.1) is 0 Å². The SMILES string of the molecule is O=C(NCCCCN1CCOCC1)c1cc(Cl)ccc1O. The fourth-order valence-electron chi connectivity index (χ4n) is 2.27. The molecule has 1 aromatic carbocycles. The molecule has 0 aliphatic carbocycles. The summed E-state index contributed by atoms with van der Waals surface area (Å²) >= 11 is 5.82. The molecule has 1 aliphatic rings. The zero-order valence-corrected chi connectivity index (χ0v) is 12.7. The standard InChI is InChI=1S/C15H21ClN2O3/c16-12-3-4-14(19)13(11-12)15(20)17-5-1-2-6-18-7-9-21-10-8-18/h3-4,11,19H,1-2,5-10H2,(H,17,20).